The maximum atomic E-state index is 12.9. The molecule has 0 aliphatic carbocycles. The third-order valence-electron chi connectivity index (χ3n) is 1.54. The lowest BCUT2D eigenvalue weighted by molar-refractivity contribution is 0.0995. The van der Waals surface area contributed by atoms with Gasteiger partial charge in [-0.05, 0) is 12.5 Å². The Bertz CT molecular complexity index is 304. The van der Waals surface area contributed by atoms with Crippen LogP contribution in [-0.4, -0.2) is 10.5 Å². The molecule has 1 aromatic heterocycles. The number of hydrogen-bond acceptors (Lipinski definition) is 1. The fourth-order valence-electron chi connectivity index (χ4n) is 1.05. The van der Waals surface area contributed by atoms with E-state index in [1.165, 1.54) is 17.8 Å². The monoisotopic (exact) mass is 156 g/mol. The SMILES string of the molecule is Cc1cn(C)c(F)c1C(N)=O. The third-order valence-corrected chi connectivity index (χ3v) is 1.54. The maximum absolute atomic E-state index is 12.9. The summed E-state index contributed by atoms with van der Waals surface area (Å²) in [6.45, 7) is 1.64. The Hall–Kier alpha value is -1.32. The second-order valence-corrected chi connectivity index (χ2v) is 2.45. The molecule has 1 heterocycles. The number of hydrogen-bond donors (Lipinski definition) is 1. The third kappa shape index (κ3) is 1.11. The number of nitrogens with zero attached hydrogens (tertiary/aromatic N) is 1. The number of rotatable bonds is 1. The van der Waals surface area contributed by atoms with Gasteiger partial charge in [0.2, 0.25) is 5.95 Å². The van der Waals surface area contributed by atoms with E-state index < -0.39 is 11.9 Å². The molecule has 0 unspecified atom stereocenters. The molecule has 1 aromatic rings. The minimum Gasteiger partial charge on any atom is -0.365 e. The summed E-state index contributed by atoms with van der Waals surface area (Å²) in [5.74, 6) is -1.30. The van der Waals surface area contributed by atoms with Crippen LogP contribution in [0.4, 0.5) is 4.39 Å². The highest BCUT2D eigenvalue weighted by Gasteiger charge is 2.15. The number of amides is 1. The summed E-state index contributed by atoms with van der Waals surface area (Å²) in [5.41, 5.74) is 5.48. The number of aryl methyl sites for hydroxylation is 2. The topological polar surface area (TPSA) is 48.0 Å². The lowest BCUT2D eigenvalue weighted by Gasteiger charge is -1.92. The highest BCUT2D eigenvalue weighted by Crippen LogP contribution is 2.12. The fraction of sp³-hybridized carbons (Fsp3) is 0.286. The quantitative estimate of drug-likeness (QED) is 0.635. The number of aromatic nitrogens is 1. The van der Waals surface area contributed by atoms with Gasteiger partial charge < -0.3 is 10.3 Å². The molecule has 1 rings (SSSR count). The zero-order valence-electron chi connectivity index (χ0n) is 6.39. The molecule has 0 fully saturated rings. The van der Waals surface area contributed by atoms with Gasteiger partial charge in [-0.3, -0.25) is 4.79 Å². The maximum Gasteiger partial charge on any atom is 0.253 e. The molecular formula is C7H9FN2O. The molecule has 60 valence electrons. The van der Waals surface area contributed by atoms with Crippen molar-refractivity contribution in [2.75, 3.05) is 0 Å². The molecule has 1 amide bonds. The van der Waals surface area contributed by atoms with Gasteiger partial charge >= 0.3 is 0 Å². The van der Waals surface area contributed by atoms with Crippen LogP contribution < -0.4 is 5.73 Å². The highest BCUT2D eigenvalue weighted by molar-refractivity contribution is 5.94. The van der Waals surface area contributed by atoms with E-state index >= 15 is 0 Å². The summed E-state index contributed by atoms with van der Waals surface area (Å²) in [4.78, 5) is 10.6. The van der Waals surface area contributed by atoms with Gasteiger partial charge in [0.25, 0.3) is 5.91 Å². The van der Waals surface area contributed by atoms with Crippen LogP contribution in [0.2, 0.25) is 0 Å². The van der Waals surface area contributed by atoms with E-state index in [9.17, 15) is 9.18 Å². The van der Waals surface area contributed by atoms with Crippen molar-refractivity contribution in [1.29, 1.82) is 0 Å². The molecule has 11 heavy (non-hydrogen) atoms. The molecule has 0 aromatic carbocycles. The summed E-state index contributed by atoms with van der Waals surface area (Å²) < 4.78 is 14.2. The van der Waals surface area contributed by atoms with Gasteiger partial charge in [0.05, 0.1) is 5.56 Å². The molecule has 3 nitrogen and oxygen atoms in total. The molecule has 0 aliphatic rings. The van der Waals surface area contributed by atoms with Crippen LogP contribution in [0.5, 0.6) is 0 Å². The van der Waals surface area contributed by atoms with Gasteiger partial charge in [-0.2, -0.15) is 4.39 Å². The first kappa shape index (κ1) is 7.78. The van der Waals surface area contributed by atoms with Crippen molar-refractivity contribution in [2.24, 2.45) is 12.8 Å². The standard InChI is InChI=1S/C7H9FN2O/c1-4-3-10(2)6(8)5(4)7(9)11/h3H,1-2H3,(H2,9,11). The predicted molar refractivity (Wildman–Crippen MR) is 38.6 cm³/mol. The van der Waals surface area contributed by atoms with Crippen molar-refractivity contribution in [1.82, 2.24) is 4.57 Å². The van der Waals surface area contributed by atoms with E-state index in [2.05, 4.69) is 0 Å². The molecule has 4 heteroatoms. The van der Waals surface area contributed by atoms with E-state index in [0.29, 0.717) is 5.56 Å². The molecule has 0 bridgehead atoms. The van der Waals surface area contributed by atoms with Crippen LogP contribution in [0.25, 0.3) is 0 Å². The second kappa shape index (κ2) is 2.38. The number of nitrogens with two attached hydrogens (primary N) is 1. The Kier molecular flexibility index (Phi) is 1.68. The average Bonchev–Trinajstić information content (AvgIpc) is 2.07. The van der Waals surface area contributed by atoms with Crippen LogP contribution >= 0.6 is 0 Å². The summed E-state index contributed by atoms with van der Waals surface area (Å²) >= 11 is 0. The van der Waals surface area contributed by atoms with Crippen LogP contribution in [-0.2, 0) is 7.05 Å². The van der Waals surface area contributed by atoms with Gasteiger partial charge in [-0.1, -0.05) is 0 Å². The smallest absolute Gasteiger partial charge is 0.253 e. The first-order chi connectivity index (χ1) is 5.04. The lowest BCUT2D eigenvalue weighted by Crippen LogP contribution is -2.13. The average molecular weight is 156 g/mol. The number of primary amides is 1. The van der Waals surface area contributed by atoms with Crippen molar-refractivity contribution >= 4 is 5.91 Å². The van der Waals surface area contributed by atoms with Crippen LogP contribution in [0.3, 0.4) is 0 Å². The van der Waals surface area contributed by atoms with Crippen molar-refractivity contribution < 1.29 is 9.18 Å². The van der Waals surface area contributed by atoms with E-state index in [0.717, 1.165) is 0 Å². The highest BCUT2D eigenvalue weighted by atomic mass is 19.1. The molecule has 0 saturated heterocycles. The number of carbonyl (C=O) groups excluding carboxylic acids is 1. The summed E-state index contributed by atoms with van der Waals surface area (Å²) in [6.07, 6.45) is 1.52. The van der Waals surface area contributed by atoms with Gasteiger partial charge in [-0.25, -0.2) is 0 Å². The molecule has 0 atom stereocenters. The first-order valence-electron chi connectivity index (χ1n) is 3.15. The van der Waals surface area contributed by atoms with Gasteiger partial charge in [-0.15, -0.1) is 0 Å². The summed E-state index contributed by atoms with van der Waals surface area (Å²) in [6, 6.07) is 0. The first-order valence-corrected chi connectivity index (χ1v) is 3.15. The van der Waals surface area contributed by atoms with Crippen molar-refractivity contribution in [2.45, 2.75) is 6.92 Å². The lowest BCUT2D eigenvalue weighted by atomic mass is 10.2. The Balaban J connectivity index is 3.34. The van der Waals surface area contributed by atoms with Crippen LogP contribution in [0.1, 0.15) is 15.9 Å². The van der Waals surface area contributed by atoms with Gasteiger partial charge in [0.1, 0.15) is 0 Å². The van der Waals surface area contributed by atoms with Crippen LogP contribution in [0.15, 0.2) is 6.20 Å². The van der Waals surface area contributed by atoms with Crippen molar-refractivity contribution in [3.63, 3.8) is 0 Å². The Morgan fingerprint density at radius 1 is 1.73 bits per heavy atom. The predicted octanol–water partition coefficient (Wildman–Crippen LogP) is 0.572. The number of halogens is 1. The molecular weight excluding hydrogens is 147 g/mol. The second-order valence-electron chi connectivity index (χ2n) is 2.45. The molecule has 0 aliphatic heterocycles. The van der Waals surface area contributed by atoms with E-state index in [4.69, 9.17) is 5.73 Å². The molecule has 0 spiro atoms. The molecule has 2 N–H and O–H groups in total. The van der Waals surface area contributed by atoms with Crippen LogP contribution in [0, 0.1) is 12.9 Å². The normalized spacial score (nSPS) is 10.1. The van der Waals surface area contributed by atoms with Gasteiger partial charge in [0.15, 0.2) is 0 Å². The Morgan fingerprint density at radius 3 is 2.45 bits per heavy atom. The van der Waals surface area contributed by atoms with Gasteiger partial charge in [0, 0.05) is 13.2 Å². The zero-order chi connectivity index (χ0) is 8.59. The fourth-order valence-corrected chi connectivity index (χ4v) is 1.05. The Labute approximate surface area is 63.6 Å². The van der Waals surface area contributed by atoms with Crippen molar-refractivity contribution in [3.8, 4) is 0 Å². The van der Waals surface area contributed by atoms with E-state index in [1.54, 1.807) is 6.92 Å². The number of carbonyl (C=O) groups is 1. The van der Waals surface area contributed by atoms with Crippen molar-refractivity contribution in [3.05, 3.63) is 23.3 Å². The molecule has 0 saturated carbocycles. The minimum atomic E-state index is -0.722. The molecule has 0 radical (unpaired) electrons. The Morgan fingerprint density at radius 2 is 2.27 bits per heavy atom. The zero-order valence-corrected chi connectivity index (χ0v) is 6.39. The largest absolute Gasteiger partial charge is 0.365 e. The minimum absolute atomic E-state index is 0.0208. The van der Waals surface area contributed by atoms with E-state index in [-0.39, 0.29) is 5.56 Å². The van der Waals surface area contributed by atoms with E-state index in [1.807, 2.05) is 0 Å². The summed E-state index contributed by atoms with van der Waals surface area (Å²) in [7, 11) is 1.52. The summed E-state index contributed by atoms with van der Waals surface area (Å²) in [5, 5.41) is 0.